The smallest absolute Gasteiger partial charge is 0.326 e. The minimum atomic E-state index is -1.02. The van der Waals surface area contributed by atoms with E-state index in [1.807, 2.05) is 31.2 Å². The molecule has 0 saturated heterocycles. The van der Waals surface area contributed by atoms with Crippen molar-refractivity contribution in [2.75, 3.05) is 6.61 Å². The van der Waals surface area contributed by atoms with Crippen molar-refractivity contribution in [3.05, 3.63) is 29.8 Å². The topological polar surface area (TPSA) is 75.6 Å². The highest BCUT2D eigenvalue weighted by Crippen LogP contribution is 2.12. The van der Waals surface area contributed by atoms with E-state index in [4.69, 9.17) is 9.84 Å². The molecule has 20 heavy (non-hydrogen) atoms. The van der Waals surface area contributed by atoms with Crippen molar-refractivity contribution in [1.82, 2.24) is 5.32 Å². The van der Waals surface area contributed by atoms with E-state index in [1.54, 1.807) is 13.8 Å². The van der Waals surface area contributed by atoms with Crippen molar-refractivity contribution in [1.29, 1.82) is 0 Å². The number of hydrogen-bond donors (Lipinski definition) is 2. The molecule has 1 unspecified atom stereocenters. The summed E-state index contributed by atoms with van der Waals surface area (Å²) in [5.74, 6) is -0.794. The van der Waals surface area contributed by atoms with Crippen LogP contribution in [0.1, 0.15) is 25.8 Å². The van der Waals surface area contributed by atoms with E-state index in [1.165, 1.54) is 0 Å². The van der Waals surface area contributed by atoms with Gasteiger partial charge in [0.05, 0.1) is 13.0 Å². The van der Waals surface area contributed by atoms with Crippen LogP contribution in [0.25, 0.3) is 0 Å². The van der Waals surface area contributed by atoms with Crippen molar-refractivity contribution in [2.45, 2.75) is 33.2 Å². The first-order chi connectivity index (χ1) is 9.40. The Kier molecular flexibility index (Phi) is 6.03. The standard InChI is InChI=1S/C15H21NO4/c1-10(2)14(15(18)19)16-13(17)7-8-20-12-6-4-5-11(3)9-12/h4-6,9-10,14H,7-8H2,1-3H3,(H,16,17)(H,18,19). The number of carbonyl (C=O) groups is 2. The molecule has 110 valence electrons. The number of carbonyl (C=O) groups excluding carboxylic acids is 1. The van der Waals surface area contributed by atoms with Crippen molar-refractivity contribution in [3.8, 4) is 5.75 Å². The van der Waals surface area contributed by atoms with Gasteiger partial charge in [0.25, 0.3) is 0 Å². The highest BCUT2D eigenvalue weighted by molar-refractivity contribution is 5.83. The number of carboxylic acid groups (broad SMARTS) is 1. The van der Waals surface area contributed by atoms with Crippen LogP contribution in [0.2, 0.25) is 0 Å². The van der Waals surface area contributed by atoms with Crippen LogP contribution in [-0.2, 0) is 9.59 Å². The lowest BCUT2D eigenvalue weighted by molar-refractivity contribution is -0.143. The van der Waals surface area contributed by atoms with Crippen LogP contribution in [0.15, 0.2) is 24.3 Å². The highest BCUT2D eigenvalue weighted by atomic mass is 16.5. The van der Waals surface area contributed by atoms with Gasteiger partial charge in [0.1, 0.15) is 11.8 Å². The summed E-state index contributed by atoms with van der Waals surface area (Å²) in [6.45, 7) is 5.68. The number of nitrogens with one attached hydrogen (secondary N) is 1. The Balaban J connectivity index is 2.38. The second kappa shape index (κ2) is 7.53. The van der Waals surface area contributed by atoms with Gasteiger partial charge < -0.3 is 15.2 Å². The van der Waals surface area contributed by atoms with Crippen molar-refractivity contribution < 1.29 is 19.4 Å². The van der Waals surface area contributed by atoms with Crippen LogP contribution in [0.4, 0.5) is 0 Å². The van der Waals surface area contributed by atoms with E-state index in [0.717, 1.165) is 5.56 Å². The van der Waals surface area contributed by atoms with Gasteiger partial charge in [0.2, 0.25) is 5.91 Å². The first kappa shape index (κ1) is 16.0. The van der Waals surface area contributed by atoms with Gasteiger partial charge in [-0.05, 0) is 30.5 Å². The molecular weight excluding hydrogens is 258 g/mol. The number of aryl methyl sites for hydroxylation is 1. The van der Waals surface area contributed by atoms with Crippen LogP contribution >= 0.6 is 0 Å². The maximum absolute atomic E-state index is 11.7. The van der Waals surface area contributed by atoms with Crippen LogP contribution < -0.4 is 10.1 Å². The van der Waals surface area contributed by atoms with Gasteiger partial charge in [-0.2, -0.15) is 0 Å². The van der Waals surface area contributed by atoms with Crippen molar-refractivity contribution in [3.63, 3.8) is 0 Å². The minimum Gasteiger partial charge on any atom is -0.493 e. The molecule has 0 aliphatic rings. The fraction of sp³-hybridized carbons (Fsp3) is 0.467. The molecular formula is C15H21NO4. The maximum atomic E-state index is 11.7. The maximum Gasteiger partial charge on any atom is 0.326 e. The van der Waals surface area contributed by atoms with E-state index in [9.17, 15) is 9.59 Å². The summed E-state index contributed by atoms with van der Waals surface area (Å²) in [6.07, 6.45) is 0.129. The lowest BCUT2D eigenvalue weighted by Crippen LogP contribution is -2.44. The molecule has 0 heterocycles. The lowest BCUT2D eigenvalue weighted by Gasteiger charge is -2.17. The minimum absolute atomic E-state index is 0.129. The summed E-state index contributed by atoms with van der Waals surface area (Å²) in [5, 5.41) is 11.5. The van der Waals surface area contributed by atoms with Gasteiger partial charge in [0, 0.05) is 0 Å². The Morgan fingerprint density at radius 3 is 2.60 bits per heavy atom. The average Bonchev–Trinajstić information content (AvgIpc) is 2.35. The van der Waals surface area contributed by atoms with E-state index >= 15 is 0 Å². The average molecular weight is 279 g/mol. The Morgan fingerprint density at radius 2 is 2.05 bits per heavy atom. The van der Waals surface area contributed by atoms with Crippen LogP contribution in [0, 0.1) is 12.8 Å². The van der Waals surface area contributed by atoms with Crippen LogP contribution in [0.3, 0.4) is 0 Å². The van der Waals surface area contributed by atoms with Crippen molar-refractivity contribution in [2.24, 2.45) is 5.92 Å². The zero-order valence-corrected chi connectivity index (χ0v) is 12.1. The number of ether oxygens (including phenoxy) is 1. The van der Waals surface area contributed by atoms with Gasteiger partial charge in [-0.25, -0.2) is 4.79 Å². The third kappa shape index (κ3) is 5.30. The predicted molar refractivity (Wildman–Crippen MR) is 75.7 cm³/mol. The molecule has 1 atom stereocenters. The number of hydrogen-bond acceptors (Lipinski definition) is 3. The Bertz CT molecular complexity index is 471. The van der Waals surface area contributed by atoms with Gasteiger partial charge >= 0.3 is 5.97 Å². The van der Waals surface area contributed by atoms with Gasteiger partial charge in [-0.1, -0.05) is 26.0 Å². The molecule has 2 N–H and O–H groups in total. The molecule has 5 heteroatoms. The molecule has 0 bridgehead atoms. The monoisotopic (exact) mass is 279 g/mol. The molecule has 1 amide bonds. The molecule has 0 aliphatic heterocycles. The third-order valence-corrected chi connectivity index (χ3v) is 2.84. The summed E-state index contributed by atoms with van der Waals surface area (Å²) < 4.78 is 5.45. The zero-order chi connectivity index (χ0) is 15.1. The highest BCUT2D eigenvalue weighted by Gasteiger charge is 2.23. The second-order valence-corrected chi connectivity index (χ2v) is 5.04. The summed E-state index contributed by atoms with van der Waals surface area (Å²) >= 11 is 0. The summed E-state index contributed by atoms with van der Waals surface area (Å²) in [4.78, 5) is 22.6. The third-order valence-electron chi connectivity index (χ3n) is 2.84. The molecule has 0 aromatic heterocycles. The zero-order valence-electron chi connectivity index (χ0n) is 12.1. The van der Waals surface area contributed by atoms with Gasteiger partial charge in [-0.15, -0.1) is 0 Å². The second-order valence-electron chi connectivity index (χ2n) is 5.04. The van der Waals surface area contributed by atoms with Gasteiger partial charge in [-0.3, -0.25) is 4.79 Å². The fourth-order valence-corrected chi connectivity index (χ4v) is 1.73. The Labute approximate surface area is 118 Å². The SMILES string of the molecule is Cc1cccc(OCCC(=O)NC(C(=O)O)C(C)C)c1. The molecule has 1 aromatic rings. The Hall–Kier alpha value is -2.04. The van der Waals surface area contributed by atoms with E-state index < -0.39 is 12.0 Å². The Morgan fingerprint density at radius 1 is 1.35 bits per heavy atom. The molecule has 0 spiro atoms. The molecule has 0 fully saturated rings. The van der Waals surface area contributed by atoms with E-state index in [0.29, 0.717) is 5.75 Å². The molecule has 0 aliphatic carbocycles. The molecule has 1 rings (SSSR count). The number of amides is 1. The van der Waals surface area contributed by atoms with E-state index in [-0.39, 0.29) is 24.9 Å². The van der Waals surface area contributed by atoms with Crippen molar-refractivity contribution >= 4 is 11.9 Å². The largest absolute Gasteiger partial charge is 0.493 e. The number of carboxylic acids is 1. The molecule has 5 nitrogen and oxygen atoms in total. The molecule has 0 radical (unpaired) electrons. The van der Waals surface area contributed by atoms with E-state index in [2.05, 4.69) is 5.32 Å². The quantitative estimate of drug-likeness (QED) is 0.800. The van der Waals surface area contributed by atoms with Crippen LogP contribution in [0.5, 0.6) is 5.75 Å². The van der Waals surface area contributed by atoms with Gasteiger partial charge in [0.15, 0.2) is 0 Å². The molecule has 0 saturated carbocycles. The fourth-order valence-electron chi connectivity index (χ4n) is 1.73. The molecule has 1 aromatic carbocycles. The number of benzene rings is 1. The summed E-state index contributed by atoms with van der Waals surface area (Å²) in [5.41, 5.74) is 1.08. The lowest BCUT2D eigenvalue weighted by atomic mass is 10.0. The summed E-state index contributed by atoms with van der Waals surface area (Å²) in [6, 6.07) is 6.68. The predicted octanol–water partition coefficient (Wildman–Crippen LogP) is 1.99. The summed E-state index contributed by atoms with van der Waals surface area (Å²) in [7, 11) is 0. The number of rotatable bonds is 7. The first-order valence-electron chi connectivity index (χ1n) is 6.61. The van der Waals surface area contributed by atoms with Crippen LogP contribution in [-0.4, -0.2) is 29.6 Å². The first-order valence-corrected chi connectivity index (χ1v) is 6.61. The normalized spacial score (nSPS) is 12.0. The number of aliphatic carboxylic acids is 1.